The van der Waals surface area contributed by atoms with Crippen LogP contribution in [0.2, 0.25) is 0 Å². The molecular formula is C19H21FN2O3S. The highest BCUT2D eigenvalue weighted by atomic mass is 32.2. The highest BCUT2D eigenvalue weighted by Gasteiger charge is 2.37. The summed E-state index contributed by atoms with van der Waals surface area (Å²) in [6.07, 6.45) is 1.84. The zero-order valence-electron chi connectivity index (χ0n) is 14.5. The number of carbonyl (C=O) groups excluding carboxylic acids is 1. The van der Waals surface area contributed by atoms with Crippen LogP contribution in [0.1, 0.15) is 24.8 Å². The van der Waals surface area contributed by atoms with Gasteiger partial charge in [0.2, 0.25) is 15.9 Å². The molecule has 1 aliphatic rings. The Labute approximate surface area is 152 Å². The van der Waals surface area contributed by atoms with Crippen LogP contribution in [0.3, 0.4) is 0 Å². The molecule has 2 aromatic rings. The van der Waals surface area contributed by atoms with Crippen molar-refractivity contribution in [2.45, 2.75) is 37.1 Å². The van der Waals surface area contributed by atoms with Crippen molar-refractivity contribution in [3.8, 4) is 0 Å². The summed E-state index contributed by atoms with van der Waals surface area (Å²) >= 11 is 0. The van der Waals surface area contributed by atoms with Gasteiger partial charge in [0.25, 0.3) is 0 Å². The van der Waals surface area contributed by atoms with E-state index >= 15 is 0 Å². The number of carbonyl (C=O) groups is 1. The van der Waals surface area contributed by atoms with E-state index in [2.05, 4.69) is 5.32 Å². The van der Waals surface area contributed by atoms with Gasteiger partial charge in [0.1, 0.15) is 11.9 Å². The molecule has 0 bridgehead atoms. The Hall–Kier alpha value is -2.25. The van der Waals surface area contributed by atoms with Crippen LogP contribution in [0, 0.1) is 12.7 Å². The van der Waals surface area contributed by atoms with E-state index in [1.807, 2.05) is 6.92 Å². The fourth-order valence-electron chi connectivity index (χ4n) is 3.08. The molecule has 1 unspecified atom stereocenters. The summed E-state index contributed by atoms with van der Waals surface area (Å²) in [7, 11) is -3.80. The molecule has 0 saturated carbocycles. The second-order valence-electron chi connectivity index (χ2n) is 6.41. The lowest BCUT2D eigenvalue weighted by Gasteiger charge is -2.33. The van der Waals surface area contributed by atoms with Crippen LogP contribution in [0.4, 0.5) is 10.1 Å². The van der Waals surface area contributed by atoms with Crippen LogP contribution in [0.5, 0.6) is 0 Å². The van der Waals surface area contributed by atoms with E-state index in [1.165, 1.54) is 22.5 Å². The summed E-state index contributed by atoms with van der Waals surface area (Å²) in [5.41, 5.74) is 1.01. The maximum absolute atomic E-state index is 13.8. The third kappa shape index (κ3) is 3.78. The van der Waals surface area contributed by atoms with Crippen molar-refractivity contribution in [3.63, 3.8) is 0 Å². The number of anilines is 1. The van der Waals surface area contributed by atoms with Crippen molar-refractivity contribution in [2.24, 2.45) is 0 Å². The van der Waals surface area contributed by atoms with Crippen LogP contribution < -0.4 is 5.32 Å². The minimum atomic E-state index is -3.80. The Morgan fingerprint density at radius 1 is 1.12 bits per heavy atom. The number of para-hydroxylation sites is 1. The molecule has 7 heteroatoms. The summed E-state index contributed by atoms with van der Waals surface area (Å²) in [5, 5.41) is 2.52. The molecule has 1 amide bonds. The Kier molecular flexibility index (Phi) is 5.38. The molecule has 0 radical (unpaired) electrons. The van der Waals surface area contributed by atoms with Gasteiger partial charge in [-0.25, -0.2) is 12.8 Å². The molecule has 3 rings (SSSR count). The number of amides is 1. The van der Waals surface area contributed by atoms with Gasteiger partial charge >= 0.3 is 0 Å². The summed E-state index contributed by atoms with van der Waals surface area (Å²) in [4.78, 5) is 12.8. The lowest BCUT2D eigenvalue weighted by molar-refractivity contribution is -0.120. The number of rotatable bonds is 4. The van der Waals surface area contributed by atoms with Crippen LogP contribution >= 0.6 is 0 Å². The number of nitrogens with one attached hydrogen (secondary N) is 1. The smallest absolute Gasteiger partial charge is 0.243 e. The third-order valence-corrected chi connectivity index (χ3v) is 6.44. The Morgan fingerprint density at radius 3 is 2.50 bits per heavy atom. The van der Waals surface area contributed by atoms with Crippen molar-refractivity contribution in [1.29, 1.82) is 0 Å². The fraction of sp³-hybridized carbons (Fsp3) is 0.316. The summed E-state index contributed by atoms with van der Waals surface area (Å²) in [6.45, 7) is 2.15. The number of hydrogen-bond acceptors (Lipinski definition) is 3. The molecule has 1 fully saturated rings. The van der Waals surface area contributed by atoms with Gasteiger partial charge in [-0.05, 0) is 44.0 Å². The molecule has 1 atom stereocenters. The molecule has 5 nitrogen and oxygen atoms in total. The first-order chi connectivity index (χ1) is 12.4. The first kappa shape index (κ1) is 18.5. The molecule has 138 valence electrons. The highest BCUT2D eigenvalue weighted by Crippen LogP contribution is 2.27. The van der Waals surface area contributed by atoms with Crippen molar-refractivity contribution < 1.29 is 17.6 Å². The van der Waals surface area contributed by atoms with E-state index in [4.69, 9.17) is 0 Å². The van der Waals surface area contributed by atoms with Crippen LogP contribution in [0.15, 0.2) is 53.4 Å². The van der Waals surface area contributed by atoms with Crippen molar-refractivity contribution >= 4 is 21.6 Å². The van der Waals surface area contributed by atoms with Crippen LogP contribution in [0.25, 0.3) is 0 Å². The van der Waals surface area contributed by atoms with E-state index in [0.29, 0.717) is 12.8 Å². The zero-order valence-corrected chi connectivity index (χ0v) is 15.3. The number of benzene rings is 2. The second kappa shape index (κ2) is 7.55. The number of nitrogens with zero attached hydrogens (tertiary/aromatic N) is 1. The quantitative estimate of drug-likeness (QED) is 0.890. The van der Waals surface area contributed by atoms with E-state index in [9.17, 15) is 17.6 Å². The largest absolute Gasteiger partial charge is 0.322 e. The van der Waals surface area contributed by atoms with Gasteiger partial charge in [0.05, 0.1) is 10.6 Å². The second-order valence-corrected chi connectivity index (χ2v) is 8.30. The van der Waals surface area contributed by atoms with Crippen molar-refractivity contribution in [3.05, 3.63) is 59.9 Å². The number of sulfonamides is 1. The molecule has 1 aliphatic heterocycles. The van der Waals surface area contributed by atoms with Gasteiger partial charge in [0, 0.05) is 6.54 Å². The van der Waals surface area contributed by atoms with Crippen LogP contribution in [-0.4, -0.2) is 31.2 Å². The average molecular weight is 376 g/mol. The van der Waals surface area contributed by atoms with Crippen LogP contribution in [-0.2, 0) is 14.8 Å². The molecule has 26 heavy (non-hydrogen) atoms. The predicted molar refractivity (Wildman–Crippen MR) is 97.7 cm³/mol. The third-order valence-electron chi connectivity index (χ3n) is 4.52. The van der Waals surface area contributed by atoms with Gasteiger partial charge in [-0.15, -0.1) is 0 Å². The topological polar surface area (TPSA) is 66.5 Å². The van der Waals surface area contributed by atoms with Gasteiger partial charge in [-0.1, -0.05) is 36.2 Å². The zero-order chi connectivity index (χ0) is 18.7. The molecule has 1 saturated heterocycles. The molecule has 0 aromatic heterocycles. The van der Waals surface area contributed by atoms with Crippen molar-refractivity contribution in [1.82, 2.24) is 4.31 Å². The number of hydrogen-bond donors (Lipinski definition) is 1. The minimum Gasteiger partial charge on any atom is -0.322 e. The molecule has 1 N–H and O–H groups in total. The summed E-state index contributed by atoms with van der Waals surface area (Å²) in [6, 6.07) is 11.5. The molecule has 0 spiro atoms. The van der Waals surface area contributed by atoms with Gasteiger partial charge in [-0.2, -0.15) is 4.31 Å². The first-order valence-corrected chi connectivity index (χ1v) is 9.97. The maximum Gasteiger partial charge on any atom is 0.243 e. The highest BCUT2D eigenvalue weighted by molar-refractivity contribution is 7.89. The molecule has 1 heterocycles. The summed E-state index contributed by atoms with van der Waals surface area (Å²) in [5.74, 6) is -1.06. The molecule has 0 aliphatic carbocycles. The Balaban J connectivity index is 1.86. The number of aryl methyl sites for hydroxylation is 1. The molecular weight excluding hydrogens is 355 g/mol. The lowest BCUT2D eigenvalue weighted by Crippen LogP contribution is -2.49. The van der Waals surface area contributed by atoms with Gasteiger partial charge in [0.15, 0.2) is 0 Å². The minimum absolute atomic E-state index is 0.0516. The predicted octanol–water partition coefficient (Wildman–Crippen LogP) is 3.32. The monoisotopic (exact) mass is 376 g/mol. The Bertz CT molecular complexity index is 897. The molecule has 2 aromatic carbocycles. The lowest BCUT2D eigenvalue weighted by atomic mass is 10.0. The van der Waals surface area contributed by atoms with E-state index in [1.54, 1.807) is 30.3 Å². The average Bonchev–Trinajstić information content (AvgIpc) is 2.64. The van der Waals surface area contributed by atoms with E-state index in [0.717, 1.165) is 12.0 Å². The number of piperidine rings is 1. The normalized spacial score (nSPS) is 18.5. The first-order valence-electron chi connectivity index (χ1n) is 8.53. The standard InChI is InChI=1S/C19H21FN2O3S/c1-14-9-11-15(12-10-14)26(24,25)22-13-5-4-8-18(22)19(23)21-17-7-3-2-6-16(17)20/h2-3,6-7,9-12,18H,4-5,8,13H2,1H3,(H,21,23). The maximum atomic E-state index is 13.8. The van der Waals surface area contributed by atoms with E-state index in [-0.39, 0.29) is 17.1 Å². The SMILES string of the molecule is Cc1ccc(S(=O)(=O)N2CCCCC2C(=O)Nc2ccccc2F)cc1. The van der Waals surface area contributed by atoms with Crippen molar-refractivity contribution in [2.75, 3.05) is 11.9 Å². The van der Waals surface area contributed by atoms with E-state index < -0.39 is 27.8 Å². The van der Waals surface area contributed by atoms with Gasteiger partial charge in [-0.3, -0.25) is 4.79 Å². The Morgan fingerprint density at radius 2 is 1.81 bits per heavy atom. The summed E-state index contributed by atoms with van der Waals surface area (Å²) < 4.78 is 41.0. The number of halogens is 1. The fourth-order valence-corrected chi connectivity index (χ4v) is 4.74. The van der Waals surface area contributed by atoms with Gasteiger partial charge < -0.3 is 5.32 Å².